The first kappa shape index (κ1) is 14.4. The summed E-state index contributed by atoms with van der Waals surface area (Å²) in [5, 5.41) is 3.98. The maximum atomic E-state index is 12.7. The molecule has 0 aromatic heterocycles. The van der Waals surface area contributed by atoms with Crippen molar-refractivity contribution in [2.24, 2.45) is 0 Å². The van der Waals surface area contributed by atoms with E-state index in [4.69, 9.17) is 11.6 Å². The van der Waals surface area contributed by atoms with E-state index in [9.17, 15) is 4.79 Å². The second kappa shape index (κ2) is 6.40. The summed E-state index contributed by atoms with van der Waals surface area (Å²) in [4.78, 5) is 14.7. The van der Waals surface area contributed by atoms with Crippen molar-refractivity contribution in [2.75, 3.05) is 19.6 Å². The van der Waals surface area contributed by atoms with E-state index >= 15 is 0 Å². The minimum Gasteiger partial charge on any atom is -0.334 e. The van der Waals surface area contributed by atoms with Gasteiger partial charge in [-0.3, -0.25) is 4.79 Å². The molecule has 1 atom stereocenters. The van der Waals surface area contributed by atoms with Gasteiger partial charge in [0, 0.05) is 29.7 Å². The lowest BCUT2D eigenvalue weighted by Gasteiger charge is -2.29. The number of halogens is 1. The van der Waals surface area contributed by atoms with Crippen LogP contribution in [0, 0.1) is 6.92 Å². The van der Waals surface area contributed by atoms with Crippen molar-refractivity contribution in [3.05, 3.63) is 34.3 Å². The highest BCUT2D eigenvalue weighted by molar-refractivity contribution is 6.31. The number of carbonyl (C=O) groups excluding carboxylic acids is 1. The third kappa shape index (κ3) is 3.10. The number of benzene rings is 1. The summed E-state index contributed by atoms with van der Waals surface area (Å²) in [6.45, 7) is 6.70. The standard InChI is InChI=1S/C15H21ClN2O/c1-3-9-18(12-7-8-17-10-12)15(19)13-5-4-6-14(16)11(13)2/h4-6,12,17H,3,7-10H2,1-2H3. The van der Waals surface area contributed by atoms with E-state index in [1.807, 2.05) is 30.0 Å². The first-order chi connectivity index (χ1) is 9.15. The van der Waals surface area contributed by atoms with Crippen LogP contribution in [0.4, 0.5) is 0 Å². The minimum atomic E-state index is 0.107. The zero-order chi connectivity index (χ0) is 13.8. The molecule has 1 unspecified atom stereocenters. The Kier molecular flexibility index (Phi) is 4.83. The van der Waals surface area contributed by atoms with Crippen LogP contribution in [0.2, 0.25) is 5.02 Å². The van der Waals surface area contributed by atoms with Crippen LogP contribution in [0.25, 0.3) is 0 Å². The van der Waals surface area contributed by atoms with E-state index in [0.717, 1.165) is 43.6 Å². The highest BCUT2D eigenvalue weighted by Gasteiger charge is 2.27. The molecule has 1 aromatic rings. The van der Waals surface area contributed by atoms with Gasteiger partial charge in [0.1, 0.15) is 0 Å². The van der Waals surface area contributed by atoms with Crippen molar-refractivity contribution in [1.82, 2.24) is 10.2 Å². The molecule has 104 valence electrons. The Labute approximate surface area is 119 Å². The van der Waals surface area contributed by atoms with Gasteiger partial charge < -0.3 is 10.2 Å². The Bertz CT molecular complexity index is 455. The molecule has 0 spiro atoms. The van der Waals surface area contributed by atoms with Gasteiger partial charge in [-0.25, -0.2) is 0 Å². The smallest absolute Gasteiger partial charge is 0.254 e. The van der Waals surface area contributed by atoms with Gasteiger partial charge in [0.2, 0.25) is 0 Å². The Morgan fingerprint density at radius 3 is 2.95 bits per heavy atom. The van der Waals surface area contributed by atoms with Crippen LogP contribution in [0.1, 0.15) is 35.7 Å². The SMILES string of the molecule is CCCN(C(=O)c1cccc(Cl)c1C)C1CCNC1. The van der Waals surface area contributed by atoms with E-state index in [0.29, 0.717) is 11.1 Å². The largest absolute Gasteiger partial charge is 0.334 e. The van der Waals surface area contributed by atoms with Crippen molar-refractivity contribution in [2.45, 2.75) is 32.7 Å². The second-order valence-electron chi connectivity index (χ2n) is 5.06. The maximum Gasteiger partial charge on any atom is 0.254 e. The molecule has 1 heterocycles. The maximum absolute atomic E-state index is 12.7. The average molecular weight is 281 g/mol. The number of rotatable bonds is 4. The Hall–Kier alpha value is -1.06. The minimum absolute atomic E-state index is 0.107. The van der Waals surface area contributed by atoms with Gasteiger partial charge >= 0.3 is 0 Å². The third-order valence-corrected chi connectivity index (χ3v) is 4.11. The molecule has 0 saturated carbocycles. The molecule has 1 saturated heterocycles. The molecule has 1 N–H and O–H groups in total. The van der Waals surface area contributed by atoms with Gasteiger partial charge in [-0.05, 0) is 44.0 Å². The molecular weight excluding hydrogens is 260 g/mol. The molecule has 3 nitrogen and oxygen atoms in total. The van der Waals surface area contributed by atoms with Crippen molar-refractivity contribution in [1.29, 1.82) is 0 Å². The number of amides is 1. The number of nitrogens with one attached hydrogen (secondary N) is 1. The molecule has 19 heavy (non-hydrogen) atoms. The van der Waals surface area contributed by atoms with Gasteiger partial charge in [0.15, 0.2) is 0 Å². The van der Waals surface area contributed by atoms with E-state index < -0.39 is 0 Å². The summed E-state index contributed by atoms with van der Waals surface area (Å²) in [7, 11) is 0. The van der Waals surface area contributed by atoms with Crippen LogP contribution in [-0.2, 0) is 0 Å². The van der Waals surface area contributed by atoms with Gasteiger partial charge in [-0.15, -0.1) is 0 Å². The third-order valence-electron chi connectivity index (χ3n) is 3.70. The summed E-state index contributed by atoms with van der Waals surface area (Å²) in [5.74, 6) is 0.107. The van der Waals surface area contributed by atoms with Crippen LogP contribution >= 0.6 is 11.6 Å². The van der Waals surface area contributed by atoms with Crippen molar-refractivity contribution >= 4 is 17.5 Å². The highest BCUT2D eigenvalue weighted by Crippen LogP contribution is 2.22. The van der Waals surface area contributed by atoms with Gasteiger partial charge in [-0.1, -0.05) is 24.6 Å². The number of carbonyl (C=O) groups is 1. The van der Waals surface area contributed by atoms with E-state index in [-0.39, 0.29) is 5.91 Å². The summed E-state index contributed by atoms with van der Waals surface area (Å²) < 4.78 is 0. The van der Waals surface area contributed by atoms with Crippen LogP contribution in [0.5, 0.6) is 0 Å². The van der Waals surface area contributed by atoms with Crippen molar-refractivity contribution in [3.8, 4) is 0 Å². The van der Waals surface area contributed by atoms with Crippen LogP contribution in [-0.4, -0.2) is 36.5 Å². The van der Waals surface area contributed by atoms with E-state index in [1.165, 1.54) is 0 Å². The fraction of sp³-hybridized carbons (Fsp3) is 0.533. The molecule has 1 amide bonds. The van der Waals surface area contributed by atoms with Gasteiger partial charge in [0.25, 0.3) is 5.91 Å². The van der Waals surface area contributed by atoms with Crippen molar-refractivity contribution in [3.63, 3.8) is 0 Å². The number of hydrogen-bond donors (Lipinski definition) is 1. The van der Waals surface area contributed by atoms with Crippen LogP contribution in [0.15, 0.2) is 18.2 Å². The Morgan fingerprint density at radius 1 is 1.53 bits per heavy atom. The molecule has 4 heteroatoms. The quantitative estimate of drug-likeness (QED) is 0.920. The monoisotopic (exact) mass is 280 g/mol. The molecule has 1 aliphatic heterocycles. The van der Waals surface area contributed by atoms with E-state index in [2.05, 4.69) is 12.2 Å². The van der Waals surface area contributed by atoms with Crippen molar-refractivity contribution < 1.29 is 4.79 Å². The zero-order valence-electron chi connectivity index (χ0n) is 11.6. The molecule has 1 fully saturated rings. The lowest BCUT2D eigenvalue weighted by molar-refractivity contribution is 0.0691. The summed E-state index contributed by atoms with van der Waals surface area (Å²) in [6, 6.07) is 5.86. The van der Waals surface area contributed by atoms with E-state index in [1.54, 1.807) is 0 Å². The predicted octanol–water partition coefficient (Wildman–Crippen LogP) is 2.86. The lowest BCUT2D eigenvalue weighted by Crippen LogP contribution is -2.42. The van der Waals surface area contributed by atoms with Crippen LogP contribution < -0.4 is 5.32 Å². The second-order valence-corrected chi connectivity index (χ2v) is 5.46. The topological polar surface area (TPSA) is 32.3 Å². The number of nitrogens with zero attached hydrogens (tertiary/aromatic N) is 1. The normalized spacial score (nSPS) is 18.6. The fourth-order valence-electron chi connectivity index (χ4n) is 2.59. The summed E-state index contributed by atoms with van der Waals surface area (Å²) >= 11 is 6.12. The summed E-state index contributed by atoms with van der Waals surface area (Å²) in [6.07, 6.45) is 2.01. The average Bonchev–Trinajstić information content (AvgIpc) is 2.92. The van der Waals surface area contributed by atoms with Gasteiger partial charge in [-0.2, -0.15) is 0 Å². The molecule has 1 aliphatic rings. The predicted molar refractivity (Wildman–Crippen MR) is 78.8 cm³/mol. The Morgan fingerprint density at radius 2 is 2.32 bits per heavy atom. The molecule has 1 aromatic carbocycles. The summed E-state index contributed by atoms with van der Waals surface area (Å²) in [5.41, 5.74) is 1.61. The molecule has 0 aliphatic carbocycles. The molecule has 0 radical (unpaired) electrons. The zero-order valence-corrected chi connectivity index (χ0v) is 12.3. The first-order valence-corrected chi connectivity index (χ1v) is 7.29. The lowest BCUT2D eigenvalue weighted by atomic mass is 10.1. The van der Waals surface area contributed by atoms with Crippen LogP contribution in [0.3, 0.4) is 0 Å². The number of hydrogen-bond acceptors (Lipinski definition) is 2. The Balaban J connectivity index is 2.25. The molecule has 2 rings (SSSR count). The first-order valence-electron chi connectivity index (χ1n) is 6.92. The fourth-order valence-corrected chi connectivity index (χ4v) is 2.76. The highest BCUT2D eigenvalue weighted by atomic mass is 35.5. The van der Waals surface area contributed by atoms with Gasteiger partial charge in [0.05, 0.1) is 0 Å². The molecule has 0 bridgehead atoms. The molecular formula is C15H21ClN2O.